The molecule has 0 saturated heterocycles. The Hall–Kier alpha value is -3.93. The number of anilines is 2. The van der Waals surface area contributed by atoms with Crippen molar-refractivity contribution in [1.82, 2.24) is 14.5 Å². The van der Waals surface area contributed by atoms with Crippen LogP contribution in [0.25, 0.3) is 27.7 Å². The van der Waals surface area contributed by atoms with Crippen molar-refractivity contribution in [2.75, 3.05) is 5.32 Å². The van der Waals surface area contributed by atoms with Crippen LogP contribution in [0.1, 0.15) is 0 Å². The van der Waals surface area contributed by atoms with Crippen molar-refractivity contribution in [3.8, 4) is 5.69 Å². The number of rotatable bonds is 3. The summed E-state index contributed by atoms with van der Waals surface area (Å²) < 4.78 is 6.86. The van der Waals surface area contributed by atoms with Crippen LogP contribution in [0.5, 0.6) is 0 Å². The van der Waals surface area contributed by atoms with Crippen LogP contribution in [0.3, 0.4) is 0 Å². The maximum atomic E-state index is 13.2. The maximum Gasteiger partial charge on any atom is 0.267 e. The van der Waals surface area contributed by atoms with Crippen molar-refractivity contribution < 1.29 is 4.42 Å². The van der Waals surface area contributed by atoms with Crippen molar-refractivity contribution in [1.29, 1.82) is 0 Å². The fourth-order valence-corrected chi connectivity index (χ4v) is 3.10. The predicted octanol–water partition coefficient (Wildman–Crippen LogP) is 4.27. The summed E-state index contributed by atoms with van der Waals surface area (Å²) in [6.07, 6.45) is 1.41. The molecule has 27 heavy (non-hydrogen) atoms. The third-order valence-electron chi connectivity index (χ3n) is 4.38. The standard InChI is InChI=1S/C21H14N4O2/c26-20-16-8-4-5-9-17(16)24-21(25(20)15-6-2-1-3-7-15)23-14-10-11-19-18(12-14)22-13-27-19/h1-13H,(H,23,24). The monoisotopic (exact) mass is 354 g/mol. The van der Waals surface area contributed by atoms with Gasteiger partial charge in [0.2, 0.25) is 5.95 Å². The van der Waals surface area contributed by atoms with Gasteiger partial charge in [0.05, 0.1) is 16.6 Å². The van der Waals surface area contributed by atoms with Gasteiger partial charge in [-0.25, -0.2) is 14.5 Å². The molecule has 0 fully saturated rings. The highest BCUT2D eigenvalue weighted by Gasteiger charge is 2.13. The van der Waals surface area contributed by atoms with Crippen LogP contribution >= 0.6 is 0 Å². The summed E-state index contributed by atoms with van der Waals surface area (Å²) in [4.78, 5) is 22.0. The van der Waals surface area contributed by atoms with E-state index in [2.05, 4.69) is 15.3 Å². The summed E-state index contributed by atoms with van der Waals surface area (Å²) in [5.74, 6) is 0.438. The van der Waals surface area contributed by atoms with E-state index in [0.717, 1.165) is 16.9 Å². The first-order valence-electron chi connectivity index (χ1n) is 8.47. The molecular weight excluding hydrogens is 340 g/mol. The van der Waals surface area contributed by atoms with Gasteiger partial charge < -0.3 is 9.73 Å². The maximum absolute atomic E-state index is 13.2. The third-order valence-corrected chi connectivity index (χ3v) is 4.38. The van der Waals surface area contributed by atoms with Crippen molar-refractivity contribution in [3.63, 3.8) is 0 Å². The van der Waals surface area contributed by atoms with E-state index in [0.29, 0.717) is 22.4 Å². The van der Waals surface area contributed by atoms with Crippen LogP contribution in [0.15, 0.2) is 88.4 Å². The molecule has 0 aliphatic rings. The average molecular weight is 354 g/mol. The van der Waals surface area contributed by atoms with Crippen LogP contribution in [-0.2, 0) is 0 Å². The summed E-state index contributed by atoms with van der Waals surface area (Å²) in [6.45, 7) is 0. The molecule has 6 heteroatoms. The molecular formula is C21H14N4O2. The van der Waals surface area contributed by atoms with Gasteiger partial charge in [0.25, 0.3) is 5.56 Å². The number of oxazole rings is 1. The number of hydrogen-bond donors (Lipinski definition) is 1. The molecule has 0 unspecified atom stereocenters. The Morgan fingerprint density at radius 2 is 1.70 bits per heavy atom. The van der Waals surface area contributed by atoms with Gasteiger partial charge in [0.1, 0.15) is 5.52 Å². The van der Waals surface area contributed by atoms with E-state index < -0.39 is 0 Å². The smallest absolute Gasteiger partial charge is 0.267 e. The molecule has 0 amide bonds. The molecule has 2 aromatic heterocycles. The molecule has 0 aliphatic carbocycles. The van der Waals surface area contributed by atoms with E-state index in [4.69, 9.17) is 4.42 Å². The Bertz CT molecular complexity index is 1320. The van der Waals surface area contributed by atoms with Gasteiger partial charge in [-0.15, -0.1) is 0 Å². The molecule has 3 aromatic carbocycles. The molecule has 5 rings (SSSR count). The summed E-state index contributed by atoms with van der Waals surface area (Å²) in [7, 11) is 0. The van der Waals surface area contributed by atoms with Crippen LogP contribution in [0.4, 0.5) is 11.6 Å². The molecule has 0 atom stereocenters. The lowest BCUT2D eigenvalue weighted by Gasteiger charge is -2.15. The van der Waals surface area contributed by atoms with Crippen molar-refractivity contribution in [2.45, 2.75) is 0 Å². The fraction of sp³-hybridized carbons (Fsp3) is 0. The highest BCUT2D eigenvalue weighted by atomic mass is 16.3. The summed E-state index contributed by atoms with van der Waals surface area (Å²) in [6, 6.07) is 22.3. The van der Waals surface area contributed by atoms with E-state index in [9.17, 15) is 4.79 Å². The summed E-state index contributed by atoms with van der Waals surface area (Å²) >= 11 is 0. The van der Waals surface area contributed by atoms with Crippen LogP contribution < -0.4 is 10.9 Å². The zero-order valence-corrected chi connectivity index (χ0v) is 14.2. The first-order valence-corrected chi connectivity index (χ1v) is 8.47. The Kier molecular flexibility index (Phi) is 3.47. The lowest BCUT2D eigenvalue weighted by Crippen LogP contribution is -2.22. The largest absolute Gasteiger partial charge is 0.443 e. The van der Waals surface area contributed by atoms with E-state index in [1.807, 2.05) is 66.7 Å². The quantitative estimate of drug-likeness (QED) is 0.524. The Morgan fingerprint density at radius 3 is 2.59 bits per heavy atom. The van der Waals surface area contributed by atoms with Gasteiger partial charge in [-0.2, -0.15) is 0 Å². The number of fused-ring (bicyclic) bond motifs is 2. The van der Waals surface area contributed by atoms with E-state index in [-0.39, 0.29) is 5.56 Å². The molecule has 0 spiro atoms. The second-order valence-corrected chi connectivity index (χ2v) is 6.09. The number of aromatic nitrogens is 3. The van der Waals surface area contributed by atoms with Crippen LogP contribution in [0.2, 0.25) is 0 Å². The third kappa shape index (κ3) is 2.64. The normalized spacial score (nSPS) is 11.1. The molecule has 5 aromatic rings. The summed E-state index contributed by atoms with van der Waals surface area (Å²) in [5, 5.41) is 3.82. The van der Waals surface area contributed by atoms with E-state index in [1.165, 1.54) is 6.39 Å². The van der Waals surface area contributed by atoms with Crippen molar-refractivity contribution >= 4 is 33.6 Å². The second kappa shape index (κ2) is 6.10. The zero-order chi connectivity index (χ0) is 18.2. The van der Waals surface area contributed by atoms with Gasteiger partial charge in [-0.3, -0.25) is 4.79 Å². The first kappa shape index (κ1) is 15.3. The Morgan fingerprint density at radius 1 is 0.889 bits per heavy atom. The van der Waals surface area contributed by atoms with Crippen LogP contribution in [-0.4, -0.2) is 14.5 Å². The fourth-order valence-electron chi connectivity index (χ4n) is 3.10. The molecule has 0 saturated carbocycles. The molecule has 0 aliphatic heterocycles. The molecule has 0 radical (unpaired) electrons. The minimum atomic E-state index is -0.128. The lowest BCUT2D eigenvalue weighted by molar-refractivity contribution is 0.602. The number of nitrogens with one attached hydrogen (secondary N) is 1. The topological polar surface area (TPSA) is 73.0 Å². The van der Waals surface area contributed by atoms with Gasteiger partial charge in [0, 0.05) is 5.69 Å². The second-order valence-electron chi connectivity index (χ2n) is 6.09. The minimum Gasteiger partial charge on any atom is -0.443 e. The van der Waals surface area contributed by atoms with E-state index in [1.54, 1.807) is 10.6 Å². The van der Waals surface area contributed by atoms with Crippen molar-refractivity contribution in [2.24, 2.45) is 0 Å². The van der Waals surface area contributed by atoms with Gasteiger partial charge in [-0.1, -0.05) is 30.3 Å². The first-order chi connectivity index (χ1) is 13.3. The highest BCUT2D eigenvalue weighted by molar-refractivity contribution is 5.81. The van der Waals surface area contributed by atoms with Crippen LogP contribution in [0, 0.1) is 0 Å². The van der Waals surface area contributed by atoms with Gasteiger partial charge in [-0.05, 0) is 42.5 Å². The SMILES string of the molecule is O=c1c2ccccc2nc(Nc2ccc3ocnc3c2)n1-c1ccccc1. The lowest BCUT2D eigenvalue weighted by atomic mass is 10.2. The number of hydrogen-bond acceptors (Lipinski definition) is 5. The predicted molar refractivity (Wildman–Crippen MR) is 105 cm³/mol. The number of benzene rings is 3. The zero-order valence-electron chi connectivity index (χ0n) is 14.2. The van der Waals surface area contributed by atoms with Crippen molar-refractivity contribution in [3.05, 3.63) is 89.5 Å². The number of para-hydroxylation sites is 2. The van der Waals surface area contributed by atoms with E-state index >= 15 is 0 Å². The number of nitrogens with zero attached hydrogens (tertiary/aromatic N) is 3. The minimum absolute atomic E-state index is 0.128. The van der Waals surface area contributed by atoms with Gasteiger partial charge >= 0.3 is 0 Å². The summed E-state index contributed by atoms with van der Waals surface area (Å²) in [5.41, 5.74) is 3.45. The molecule has 2 heterocycles. The Balaban J connectivity index is 1.73. The Labute approximate surface area is 153 Å². The molecule has 1 N–H and O–H groups in total. The molecule has 130 valence electrons. The molecule has 0 bridgehead atoms. The highest BCUT2D eigenvalue weighted by Crippen LogP contribution is 2.23. The molecule has 6 nitrogen and oxygen atoms in total. The average Bonchev–Trinajstić information content (AvgIpc) is 3.17. The van der Waals surface area contributed by atoms with Gasteiger partial charge in [0.15, 0.2) is 12.0 Å².